The van der Waals surface area contributed by atoms with Crippen molar-refractivity contribution >= 4 is 5.71 Å². The lowest BCUT2D eigenvalue weighted by Crippen LogP contribution is -2.44. The minimum Gasteiger partial charge on any atom is -0.493 e. The van der Waals surface area contributed by atoms with E-state index in [1.165, 1.54) is 19.8 Å². The number of oxime groups is 1. The second kappa shape index (κ2) is 12.4. The van der Waals surface area contributed by atoms with Crippen LogP contribution in [0, 0.1) is 5.92 Å². The van der Waals surface area contributed by atoms with Crippen molar-refractivity contribution in [2.24, 2.45) is 11.1 Å². The van der Waals surface area contributed by atoms with Gasteiger partial charge in [0.1, 0.15) is 17.0 Å². The highest BCUT2D eigenvalue weighted by atomic mass is 16.7. The van der Waals surface area contributed by atoms with E-state index in [1.807, 2.05) is 25.1 Å². The summed E-state index contributed by atoms with van der Waals surface area (Å²) in [6.45, 7) is 5.86. The van der Waals surface area contributed by atoms with Crippen LogP contribution in [-0.4, -0.2) is 66.6 Å². The number of aryl methyl sites for hydroxylation is 1. The van der Waals surface area contributed by atoms with Crippen LogP contribution in [0.4, 0.5) is 0 Å². The van der Waals surface area contributed by atoms with Crippen LogP contribution in [-0.2, 0) is 24.3 Å². The van der Waals surface area contributed by atoms with Crippen molar-refractivity contribution < 1.29 is 38.4 Å². The van der Waals surface area contributed by atoms with Gasteiger partial charge in [-0.2, -0.15) is 0 Å². The molecule has 1 aliphatic carbocycles. The molecule has 0 saturated carbocycles. The molecule has 0 saturated heterocycles. The molecular weight excluding hydrogens is 592 g/mol. The zero-order valence-corrected chi connectivity index (χ0v) is 27.0. The second-order valence-electron chi connectivity index (χ2n) is 11.4. The number of hydrogen-bond acceptors (Lipinski definition) is 11. The van der Waals surface area contributed by atoms with Crippen molar-refractivity contribution in [1.29, 1.82) is 0 Å². The minimum absolute atomic E-state index is 0.0133. The maximum absolute atomic E-state index is 12.2. The molecule has 0 radical (unpaired) electrons. The van der Waals surface area contributed by atoms with E-state index in [-0.39, 0.29) is 25.0 Å². The largest absolute Gasteiger partial charge is 0.493 e. The summed E-state index contributed by atoms with van der Waals surface area (Å²) < 4.78 is 36.7. The quantitative estimate of drug-likeness (QED) is 0.249. The SMILES string of the molecule is CCc1ccc(-n2cc(CO/N=C3\c4cc(OC)c(OC)c(OC)c4-c4c(cc5c(c4OC)OCO5)C[C@H](C)[C@@]3(C)O)nn2)cc1. The van der Waals surface area contributed by atoms with Gasteiger partial charge in [-0.05, 0) is 61.1 Å². The number of rotatable bonds is 9. The Bertz CT molecular complexity index is 1780. The molecule has 4 aromatic rings. The van der Waals surface area contributed by atoms with E-state index in [1.54, 1.807) is 38.1 Å². The van der Waals surface area contributed by atoms with Crippen molar-refractivity contribution in [2.75, 3.05) is 35.2 Å². The molecule has 0 spiro atoms. The van der Waals surface area contributed by atoms with Crippen LogP contribution in [0.3, 0.4) is 0 Å². The third kappa shape index (κ3) is 5.22. The van der Waals surface area contributed by atoms with E-state index in [0.29, 0.717) is 63.3 Å². The molecule has 1 N–H and O–H groups in total. The van der Waals surface area contributed by atoms with Crippen molar-refractivity contribution in [3.8, 4) is 51.3 Å². The van der Waals surface area contributed by atoms with Gasteiger partial charge in [-0.15, -0.1) is 5.10 Å². The van der Waals surface area contributed by atoms with Crippen LogP contribution >= 0.6 is 0 Å². The molecule has 46 heavy (non-hydrogen) atoms. The van der Waals surface area contributed by atoms with Gasteiger partial charge in [0.05, 0.1) is 40.3 Å². The van der Waals surface area contributed by atoms with Crippen molar-refractivity contribution in [3.63, 3.8) is 0 Å². The average molecular weight is 631 g/mol. The standard InChI is InChI=1S/C34H38N4O8/c1-8-20-9-11-23(12-10-20)38-16-22(35-37-38)17-46-36-33-24-15-25(40-4)29(41-5)32(43-7)28(24)27-21(13-19(2)34(33,3)39)14-26-30(31(27)42-6)45-18-44-26/h9-12,14-16,19,39H,8,13,17-18H2,1-7H3/b36-33+/t19-,34+/m0/s1. The zero-order chi connectivity index (χ0) is 32.6. The second-order valence-corrected chi connectivity index (χ2v) is 11.4. The summed E-state index contributed by atoms with van der Waals surface area (Å²) in [5.41, 5.74) is 4.12. The number of methoxy groups -OCH3 is 4. The predicted molar refractivity (Wildman–Crippen MR) is 170 cm³/mol. The molecule has 0 fully saturated rings. The van der Waals surface area contributed by atoms with Gasteiger partial charge in [-0.25, -0.2) is 4.68 Å². The number of benzene rings is 3. The molecule has 1 aromatic heterocycles. The first-order chi connectivity index (χ1) is 22.2. The van der Waals surface area contributed by atoms with Crippen LogP contribution in [0.1, 0.15) is 43.2 Å². The highest BCUT2D eigenvalue weighted by molar-refractivity contribution is 6.13. The van der Waals surface area contributed by atoms with E-state index in [2.05, 4.69) is 34.5 Å². The fraction of sp³-hybridized carbons (Fsp3) is 0.382. The van der Waals surface area contributed by atoms with Gasteiger partial charge in [0.2, 0.25) is 18.3 Å². The van der Waals surface area contributed by atoms with Gasteiger partial charge in [-0.3, -0.25) is 0 Å². The third-order valence-electron chi connectivity index (χ3n) is 8.72. The number of aliphatic hydroxyl groups is 1. The van der Waals surface area contributed by atoms with Gasteiger partial charge in [-0.1, -0.05) is 36.3 Å². The molecule has 12 nitrogen and oxygen atoms in total. The molecule has 0 unspecified atom stereocenters. The van der Waals surface area contributed by atoms with Crippen molar-refractivity contribution in [1.82, 2.24) is 15.0 Å². The van der Waals surface area contributed by atoms with Crippen LogP contribution in [0.5, 0.6) is 34.5 Å². The normalized spacial score (nSPS) is 19.1. The van der Waals surface area contributed by atoms with Gasteiger partial charge >= 0.3 is 0 Å². The molecule has 0 bridgehead atoms. The first kappa shape index (κ1) is 31.0. The van der Waals surface area contributed by atoms with Crippen LogP contribution in [0.25, 0.3) is 16.8 Å². The molecular formula is C34H38N4O8. The molecule has 2 atom stereocenters. The summed E-state index contributed by atoms with van der Waals surface area (Å²) in [7, 11) is 6.19. The fourth-order valence-electron chi connectivity index (χ4n) is 6.00. The Labute approximate surface area is 267 Å². The maximum atomic E-state index is 12.2. The third-order valence-corrected chi connectivity index (χ3v) is 8.72. The molecule has 242 valence electrons. The predicted octanol–water partition coefficient (Wildman–Crippen LogP) is 5.12. The maximum Gasteiger partial charge on any atom is 0.231 e. The molecule has 2 heterocycles. The topological polar surface area (TPSA) is 128 Å². The lowest BCUT2D eigenvalue weighted by Gasteiger charge is -2.36. The Morgan fingerprint density at radius 1 is 0.978 bits per heavy atom. The summed E-state index contributed by atoms with van der Waals surface area (Å²) >= 11 is 0. The van der Waals surface area contributed by atoms with E-state index in [0.717, 1.165) is 17.7 Å². The lowest BCUT2D eigenvalue weighted by molar-refractivity contribution is 0.0625. The van der Waals surface area contributed by atoms with E-state index in [4.69, 9.17) is 33.3 Å². The Balaban J connectivity index is 1.49. The fourth-order valence-corrected chi connectivity index (χ4v) is 6.00. The Kier molecular flexibility index (Phi) is 8.39. The molecule has 6 rings (SSSR count). The first-order valence-corrected chi connectivity index (χ1v) is 15.0. The van der Waals surface area contributed by atoms with Crippen molar-refractivity contribution in [2.45, 2.75) is 45.8 Å². The molecule has 12 heteroatoms. The molecule has 0 amide bonds. The Morgan fingerprint density at radius 3 is 2.39 bits per heavy atom. The van der Waals surface area contributed by atoms with E-state index < -0.39 is 5.60 Å². The number of fused-ring (bicyclic) bond motifs is 4. The summed E-state index contributed by atoms with van der Waals surface area (Å²) in [5, 5.41) is 25.3. The monoisotopic (exact) mass is 630 g/mol. The zero-order valence-electron chi connectivity index (χ0n) is 27.0. The van der Waals surface area contributed by atoms with Crippen LogP contribution in [0.15, 0.2) is 47.8 Å². The molecule has 2 aliphatic rings. The first-order valence-electron chi connectivity index (χ1n) is 15.0. The summed E-state index contributed by atoms with van der Waals surface area (Å²) in [6.07, 6.45) is 3.18. The number of nitrogens with zero attached hydrogens (tertiary/aromatic N) is 4. The minimum atomic E-state index is -1.47. The average Bonchev–Trinajstić information content (AvgIpc) is 3.74. The van der Waals surface area contributed by atoms with Gasteiger partial charge in [0.25, 0.3) is 0 Å². The van der Waals surface area contributed by atoms with Crippen molar-refractivity contribution in [3.05, 3.63) is 65.0 Å². The lowest BCUT2D eigenvalue weighted by atomic mass is 9.73. The van der Waals surface area contributed by atoms with Crippen LogP contribution in [0.2, 0.25) is 0 Å². The summed E-state index contributed by atoms with van der Waals surface area (Å²) in [4.78, 5) is 5.93. The summed E-state index contributed by atoms with van der Waals surface area (Å²) in [6, 6.07) is 11.8. The van der Waals surface area contributed by atoms with E-state index >= 15 is 0 Å². The summed E-state index contributed by atoms with van der Waals surface area (Å²) in [5.74, 6) is 2.29. The van der Waals surface area contributed by atoms with Gasteiger partial charge < -0.3 is 38.4 Å². The Hall–Kier alpha value is -4.97. The van der Waals surface area contributed by atoms with Crippen LogP contribution < -0.4 is 28.4 Å². The highest BCUT2D eigenvalue weighted by Crippen LogP contribution is 2.57. The van der Waals surface area contributed by atoms with Gasteiger partial charge in [0, 0.05) is 16.7 Å². The number of aromatic nitrogens is 3. The highest BCUT2D eigenvalue weighted by Gasteiger charge is 2.43. The molecule has 1 aliphatic heterocycles. The van der Waals surface area contributed by atoms with E-state index in [9.17, 15) is 5.11 Å². The Morgan fingerprint density at radius 2 is 1.72 bits per heavy atom. The molecule has 3 aromatic carbocycles. The van der Waals surface area contributed by atoms with Gasteiger partial charge in [0.15, 0.2) is 29.6 Å². The number of ether oxygens (including phenoxy) is 6. The number of hydrogen-bond donors (Lipinski definition) is 1. The smallest absolute Gasteiger partial charge is 0.231 e.